The van der Waals surface area contributed by atoms with Gasteiger partial charge >= 0.3 is 6.18 Å². The Morgan fingerprint density at radius 3 is 2.36 bits per heavy atom. The molecule has 0 aliphatic heterocycles. The molecule has 1 rings (SSSR count). The van der Waals surface area contributed by atoms with Crippen molar-refractivity contribution in [3.05, 3.63) is 28.3 Å². The topological polar surface area (TPSA) is 26.0 Å². The van der Waals surface area contributed by atoms with Gasteiger partial charge in [-0.15, -0.1) is 0 Å². The van der Waals surface area contributed by atoms with Gasteiger partial charge < -0.3 is 5.73 Å². The maximum absolute atomic E-state index is 12.3. The van der Waals surface area contributed by atoms with Crippen molar-refractivity contribution in [1.29, 1.82) is 0 Å². The van der Waals surface area contributed by atoms with Crippen molar-refractivity contribution in [2.24, 2.45) is 0 Å². The third-order valence-corrected chi connectivity index (χ3v) is 2.60. The molecule has 1 aromatic carbocycles. The van der Waals surface area contributed by atoms with Gasteiger partial charge in [0.2, 0.25) is 0 Å². The lowest BCUT2D eigenvalue weighted by atomic mass is 10.1. The summed E-state index contributed by atoms with van der Waals surface area (Å²) in [5.41, 5.74) is 5.13. The minimum atomic E-state index is -4.46. The van der Waals surface area contributed by atoms with Crippen LogP contribution < -0.4 is 5.73 Å². The van der Waals surface area contributed by atoms with Gasteiger partial charge in [-0.1, -0.05) is 27.5 Å². The Bertz CT molecular complexity index is 351. The van der Waals surface area contributed by atoms with Crippen molar-refractivity contribution in [1.82, 2.24) is 0 Å². The number of anilines is 1. The fourth-order valence-corrected chi connectivity index (χ4v) is 1.74. The summed E-state index contributed by atoms with van der Waals surface area (Å²) < 4.78 is 36.9. The third-order valence-electron chi connectivity index (χ3n) is 1.68. The van der Waals surface area contributed by atoms with Crippen LogP contribution in [0.5, 0.6) is 0 Å². The van der Waals surface area contributed by atoms with Gasteiger partial charge in [-0.2, -0.15) is 13.2 Å². The molecular formula is C8H6BrClF3N. The van der Waals surface area contributed by atoms with Crippen molar-refractivity contribution in [3.63, 3.8) is 0 Å². The van der Waals surface area contributed by atoms with Gasteiger partial charge in [-0.05, 0) is 17.7 Å². The standard InChI is InChI=1S/C8H6BrClF3N/c9-3-4-1-6(10)5(2-7(4)14)8(11,12)13/h1-2H,3,14H2. The van der Waals surface area contributed by atoms with Crippen LogP contribution in [0.3, 0.4) is 0 Å². The van der Waals surface area contributed by atoms with E-state index in [4.69, 9.17) is 17.3 Å². The third kappa shape index (κ3) is 2.33. The lowest BCUT2D eigenvalue weighted by Crippen LogP contribution is -2.07. The van der Waals surface area contributed by atoms with Gasteiger partial charge in [0, 0.05) is 11.0 Å². The number of hydrogen-bond acceptors (Lipinski definition) is 1. The van der Waals surface area contributed by atoms with Crippen LogP contribution >= 0.6 is 27.5 Å². The molecule has 0 unspecified atom stereocenters. The normalized spacial score (nSPS) is 11.8. The van der Waals surface area contributed by atoms with E-state index in [9.17, 15) is 13.2 Å². The molecule has 0 aliphatic rings. The molecule has 14 heavy (non-hydrogen) atoms. The maximum Gasteiger partial charge on any atom is 0.417 e. The van der Waals surface area contributed by atoms with Crippen molar-refractivity contribution in [3.8, 4) is 0 Å². The van der Waals surface area contributed by atoms with E-state index in [1.807, 2.05) is 0 Å². The number of alkyl halides is 4. The Balaban J connectivity index is 3.29. The largest absolute Gasteiger partial charge is 0.417 e. The first-order chi connectivity index (χ1) is 6.36. The summed E-state index contributed by atoms with van der Waals surface area (Å²) in [4.78, 5) is 0. The second-order valence-corrected chi connectivity index (χ2v) is 3.63. The number of nitrogens with two attached hydrogens (primary N) is 1. The monoisotopic (exact) mass is 287 g/mol. The second-order valence-electron chi connectivity index (χ2n) is 2.66. The molecular weight excluding hydrogens is 282 g/mol. The smallest absolute Gasteiger partial charge is 0.398 e. The first kappa shape index (κ1) is 11.7. The Morgan fingerprint density at radius 2 is 1.93 bits per heavy atom. The van der Waals surface area contributed by atoms with E-state index < -0.39 is 11.7 Å². The number of rotatable bonds is 1. The molecule has 6 heteroatoms. The quantitative estimate of drug-likeness (QED) is 0.617. The van der Waals surface area contributed by atoms with Crippen molar-refractivity contribution in [2.75, 3.05) is 5.73 Å². The molecule has 2 N–H and O–H groups in total. The molecule has 0 amide bonds. The van der Waals surface area contributed by atoms with Gasteiger partial charge in [0.15, 0.2) is 0 Å². The van der Waals surface area contributed by atoms with Gasteiger partial charge in [-0.25, -0.2) is 0 Å². The second kappa shape index (κ2) is 3.98. The molecule has 0 aromatic heterocycles. The highest BCUT2D eigenvalue weighted by Crippen LogP contribution is 2.37. The molecule has 0 radical (unpaired) electrons. The molecule has 1 nitrogen and oxygen atoms in total. The average molecular weight is 288 g/mol. The Kier molecular flexibility index (Phi) is 3.32. The molecule has 0 spiro atoms. The van der Waals surface area contributed by atoms with Crippen LogP contribution in [-0.2, 0) is 11.5 Å². The van der Waals surface area contributed by atoms with E-state index in [2.05, 4.69) is 15.9 Å². The zero-order chi connectivity index (χ0) is 10.9. The van der Waals surface area contributed by atoms with E-state index in [-0.39, 0.29) is 10.7 Å². The van der Waals surface area contributed by atoms with Gasteiger partial charge in [-0.3, -0.25) is 0 Å². The summed E-state index contributed by atoms with van der Waals surface area (Å²) in [6.07, 6.45) is -4.46. The van der Waals surface area contributed by atoms with E-state index in [0.29, 0.717) is 10.9 Å². The molecule has 0 fully saturated rings. The van der Waals surface area contributed by atoms with Crippen LogP contribution in [0.4, 0.5) is 18.9 Å². The molecule has 0 saturated heterocycles. The van der Waals surface area contributed by atoms with Gasteiger partial charge in [0.1, 0.15) is 0 Å². The number of hydrogen-bond donors (Lipinski definition) is 1. The van der Waals surface area contributed by atoms with Crippen LogP contribution in [0, 0.1) is 0 Å². The molecule has 0 atom stereocenters. The maximum atomic E-state index is 12.3. The van der Waals surface area contributed by atoms with Crippen LogP contribution in [0.25, 0.3) is 0 Å². The van der Waals surface area contributed by atoms with Crippen LogP contribution in [0.15, 0.2) is 12.1 Å². The van der Waals surface area contributed by atoms with Crippen molar-refractivity contribution >= 4 is 33.2 Å². The highest BCUT2D eigenvalue weighted by Gasteiger charge is 2.33. The Morgan fingerprint density at radius 1 is 1.36 bits per heavy atom. The molecule has 0 heterocycles. The first-order valence-electron chi connectivity index (χ1n) is 3.57. The predicted octanol–water partition coefficient (Wildman–Crippen LogP) is 3.84. The summed E-state index contributed by atoms with van der Waals surface area (Å²) in [7, 11) is 0. The fourth-order valence-electron chi connectivity index (χ4n) is 0.964. The minimum absolute atomic E-state index is 0.0820. The molecule has 0 aliphatic carbocycles. The fraction of sp³-hybridized carbons (Fsp3) is 0.250. The van der Waals surface area contributed by atoms with E-state index in [1.54, 1.807) is 0 Å². The lowest BCUT2D eigenvalue weighted by molar-refractivity contribution is -0.137. The number of benzene rings is 1. The van der Waals surface area contributed by atoms with Gasteiger partial charge in [0.05, 0.1) is 10.6 Å². The summed E-state index contributed by atoms with van der Waals surface area (Å²) >= 11 is 8.57. The van der Waals surface area contributed by atoms with E-state index >= 15 is 0 Å². The summed E-state index contributed by atoms with van der Waals surface area (Å²) in [5.74, 6) is 0. The summed E-state index contributed by atoms with van der Waals surface area (Å²) in [6, 6.07) is 2.06. The molecule has 78 valence electrons. The van der Waals surface area contributed by atoms with E-state index in [0.717, 1.165) is 6.07 Å². The molecule has 0 bridgehead atoms. The number of nitrogen functional groups attached to an aromatic ring is 1. The summed E-state index contributed by atoms with van der Waals surface area (Å²) in [5, 5.41) is 0.0394. The minimum Gasteiger partial charge on any atom is -0.398 e. The van der Waals surface area contributed by atoms with Crippen LogP contribution in [0.2, 0.25) is 5.02 Å². The highest BCUT2D eigenvalue weighted by molar-refractivity contribution is 9.08. The van der Waals surface area contributed by atoms with E-state index in [1.165, 1.54) is 6.07 Å². The molecule has 1 aromatic rings. The van der Waals surface area contributed by atoms with Gasteiger partial charge in [0.25, 0.3) is 0 Å². The van der Waals surface area contributed by atoms with Crippen molar-refractivity contribution in [2.45, 2.75) is 11.5 Å². The highest BCUT2D eigenvalue weighted by atomic mass is 79.9. The lowest BCUT2D eigenvalue weighted by Gasteiger charge is -2.11. The SMILES string of the molecule is Nc1cc(C(F)(F)F)c(Cl)cc1CBr. The molecule has 0 saturated carbocycles. The zero-order valence-corrected chi connectivity index (χ0v) is 9.17. The zero-order valence-electron chi connectivity index (χ0n) is 6.83. The van der Waals surface area contributed by atoms with Crippen LogP contribution in [0.1, 0.15) is 11.1 Å². The first-order valence-corrected chi connectivity index (χ1v) is 5.07. The summed E-state index contributed by atoms with van der Waals surface area (Å²) in [6.45, 7) is 0. The Labute approximate surface area is 92.2 Å². The average Bonchev–Trinajstić information content (AvgIpc) is 2.06. The Hall–Kier alpha value is -0.420. The van der Waals surface area contributed by atoms with Crippen molar-refractivity contribution < 1.29 is 13.2 Å². The van der Waals surface area contributed by atoms with Crippen LogP contribution in [-0.4, -0.2) is 0 Å². The number of halogens is 5. The predicted molar refractivity (Wildman–Crippen MR) is 53.5 cm³/mol.